The number of fused-ring (bicyclic) bond motifs is 1. The van der Waals surface area contributed by atoms with Crippen LogP contribution >= 0.6 is 0 Å². The van der Waals surface area contributed by atoms with Crippen molar-refractivity contribution in [1.29, 1.82) is 0 Å². The Balaban J connectivity index is 2.07. The minimum absolute atomic E-state index is 0.264. The van der Waals surface area contributed by atoms with E-state index in [1.807, 2.05) is 0 Å². The highest BCUT2D eigenvalue weighted by atomic mass is 16.2. The van der Waals surface area contributed by atoms with Crippen LogP contribution in [-0.4, -0.2) is 32.7 Å². The number of pyridine rings is 1. The highest BCUT2D eigenvalue weighted by Crippen LogP contribution is 2.26. The van der Waals surface area contributed by atoms with Gasteiger partial charge in [-0.2, -0.15) is 5.10 Å². The molecule has 1 unspecified atom stereocenters. The highest BCUT2D eigenvalue weighted by Gasteiger charge is 2.28. The summed E-state index contributed by atoms with van der Waals surface area (Å²) >= 11 is 0. The van der Waals surface area contributed by atoms with Crippen LogP contribution in [0.2, 0.25) is 0 Å². The number of carbonyl (C=O) groups excluding carboxylic acids is 3. The van der Waals surface area contributed by atoms with Crippen molar-refractivity contribution in [2.24, 2.45) is 0 Å². The molecule has 2 amide bonds. The Bertz CT molecular complexity index is 691. The fraction of sp³-hybridized carbons (Fsp3) is 0.250. The van der Waals surface area contributed by atoms with E-state index in [1.165, 1.54) is 10.8 Å². The van der Waals surface area contributed by atoms with Crippen molar-refractivity contribution in [2.45, 2.75) is 18.8 Å². The molecule has 0 bridgehead atoms. The van der Waals surface area contributed by atoms with Crippen LogP contribution in [0, 0.1) is 0 Å². The predicted molar refractivity (Wildman–Crippen MR) is 63.5 cm³/mol. The Hall–Kier alpha value is -2.57. The van der Waals surface area contributed by atoms with Crippen LogP contribution in [0.15, 0.2) is 18.5 Å². The number of rotatable bonds is 2. The molecule has 1 aliphatic heterocycles. The van der Waals surface area contributed by atoms with Gasteiger partial charge in [-0.3, -0.25) is 19.7 Å². The van der Waals surface area contributed by atoms with Gasteiger partial charge in [-0.05, 0) is 24.1 Å². The van der Waals surface area contributed by atoms with Crippen LogP contribution in [0.3, 0.4) is 0 Å². The maximum Gasteiger partial charge on any atom is 0.234 e. The molecule has 1 atom stereocenters. The summed E-state index contributed by atoms with van der Waals surface area (Å²) in [4.78, 5) is 38.0. The minimum atomic E-state index is -0.432. The molecule has 96 valence electrons. The average molecular weight is 258 g/mol. The van der Waals surface area contributed by atoms with E-state index in [2.05, 4.69) is 15.4 Å². The molecule has 1 N–H and O–H groups in total. The van der Waals surface area contributed by atoms with Gasteiger partial charge in [0.25, 0.3) is 0 Å². The summed E-state index contributed by atoms with van der Waals surface area (Å²) in [6.45, 7) is 0. The smallest absolute Gasteiger partial charge is 0.234 e. The number of hydrogen-bond donors (Lipinski definition) is 1. The fourth-order valence-electron chi connectivity index (χ4n) is 2.27. The fourth-order valence-corrected chi connectivity index (χ4v) is 2.27. The predicted octanol–water partition coefficient (Wildman–Crippen LogP) is 0.0620. The molecule has 2 aromatic rings. The number of amides is 2. The van der Waals surface area contributed by atoms with E-state index in [1.54, 1.807) is 12.1 Å². The molecule has 0 aromatic carbocycles. The molecule has 0 spiro atoms. The van der Waals surface area contributed by atoms with Crippen molar-refractivity contribution >= 4 is 23.7 Å². The zero-order chi connectivity index (χ0) is 13.4. The monoisotopic (exact) mass is 258 g/mol. The van der Waals surface area contributed by atoms with Crippen LogP contribution in [0.5, 0.6) is 0 Å². The third kappa shape index (κ3) is 1.88. The molecular formula is C12H10N4O3. The number of nitrogens with zero attached hydrogens (tertiary/aromatic N) is 3. The van der Waals surface area contributed by atoms with E-state index in [9.17, 15) is 14.4 Å². The quantitative estimate of drug-likeness (QED) is 0.607. The van der Waals surface area contributed by atoms with Crippen molar-refractivity contribution in [3.8, 4) is 0 Å². The lowest BCUT2D eigenvalue weighted by molar-refractivity contribution is -0.134. The summed E-state index contributed by atoms with van der Waals surface area (Å²) in [5, 5.41) is 6.22. The standard InChI is InChI=1S/C12H10N4O3/c17-5-8-3-7(4-10-13-6-14-16(8)10)9-1-2-11(18)15-12(9)19/h3-6,9H,1-2H2,(H,15,18,19). The topological polar surface area (TPSA) is 93.4 Å². The van der Waals surface area contributed by atoms with Gasteiger partial charge >= 0.3 is 0 Å². The Morgan fingerprint density at radius 2 is 2.21 bits per heavy atom. The van der Waals surface area contributed by atoms with Crippen molar-refractivity contribution in [3.63, 3.8) is 0 Å². The molecule has 7 nitrogen and oxygen atoms in total. The number of imide groups is 1. The molecule has 3 heterocycles. The van der Waals surface area contributed by atoms with Crippen molar-refractivity contribution in [3.05, 3.63) is 29.7 Å². The first kappa shape index (κ1) is 11.5. The number of nitrogens with one attached hydrogen (secondary N) is 1. The van der Waals surface area contributed by atoms with E-state index < -0.39 is 5.92 Å². The molecule has 0 radical (unpaired) electrons. The second-order valence-electron chi connectivity index (χ2n) is 4.37. The molecule has 2 aromatic heterocycles. The van der Waals surface area contributed by atoms with E-state index in [4.69, 9.17) is 0 Å². The summed E-state index contributed by atoms with van der Waals surface area (Å²) in [7, 11) is 0. The summed E-state index contributed by atoms with van der Waals surface area (Å²) in [5.41, 5.74) is 1.51. The number of aromatic nitrogens is 3. The Morgan fingerprint density at radius 1 is 1.37 bits per heavy atom. The number of piperidine rings is 1. The zero-order valence-electron chi connectivity index (χ0n) is 9.87. The SMILES string of the molecule is O=Cc1cc(C2CCC(=O)NC2=O)cc2ncnn12. The van der Waals surface area contributed by atoms with Crippen molar-refractivity contribution in [1.82, 2.24) is 19.9 Å². The minimum Gasteiger partial charge on any atom is -0.296 e. The van der Waals surface area contributed by atoms with Gasteiger partial charge in [0.2, 0.25) is 11.8 Å². The van der Waals surface area contributed by atoms with Crippen LogP contribution in [0.1, 0.15) is 34.8 Å². The van der Waals surface area contributed by atoms with Gasteiger partial charge in [0, 0.05) is 6.42 Å². The average Bonchev–Trinajstić information content (AvgIpc) is 2.85. The summed E-state index contributed by atoms with van der Waals surface area (Å²) < 4.78 is 1.41. The van der Waals surface area contributed by atoms with Crippen LogP contribution in [0.4, 0.5) is 0 Å². The first-order valence-electron chi connectivity index (χ1n) is 5.81. The van der Waals surface area contributed by atoms with Gasteiger partial charge in [0.1, 0.15) is 12.0 Å². The second-order valence-corrected chi connectivity index (χ2v) is 4.37. The molecule has 1 aliphatic rings. The Labute approximate surface area is 107 Å². The van der Waals surface area contributed by atoms with Gasteiger partial charge in [0.15, 0.2) is 11.9 Å². The summed E-state index contributed by atoms with van der Waals surface area (Å²) in [6, 6.07) is 3.31. The molecule has 7 heteroatoms. The molecule has 1 fully saturated rings. The van der Waals surface area contributed by atoms with Gasteiger partial charge < -0.3 is 0 Å². The zero-order valence-corrected chi connectivity index (χ0v) is 9.87. The highest BCUT2D eigenvalue weighted by molar-refractivity contribution is 6.01. The number of carbonyl (C=O) groups is 3. The summed E-state index contributed by atoms with van der Waals surface area (Å²) in [5.74, 6) is -1.03. The van der Waals surface area contributed by atoms with Crippen LogP contribution < -0.4 is 5.32 Å². The maximum atomic E-state index is 11.8. The molecule has 1 saturated heterocycles. The lowest BCUT2D eigenvalue weighted by atomic mass is 9.90. The van der Waals surface area contributed by atoms with E-state index in [0.717, 1.165) is 0 Å². The molecule has 19 heavy (non-hydrogen) atoms. The lowest BCUT2D eigenvalue weighted by Gasteiger charge is -2.21. The van der Waals surface area contributed by atoms with Gasteiger partial charge in [0.05, 0.1) is 5.92 Å². The number of aldehydes is 1. The molecule has 0 saturated carbocycles. The molecule has 3 rings (SSSR count). The van der Waals surface area contributed by atoms with E-state index in [-0.39, 0.29) is 11.8 Å². The van der Waals surface area contributed by atoms with Gasteiger partial charge in [-0.15, -0.1) is 0 Å². The van der Waals surface area contributed by atoms with Crippen LogP contribution in [0.25, 0.3) is 5.65 Å². The first-order valence-corrected chi connectivity index (χ1v) is 5.81. The van der Waals surface area contributed by atoms with Crippen LogP contribution in [-0.2, 0) is 9.59 Å². The van der Waals surface area contributed by atoms with E-state index >= 15 is 0 Å². The van der Waals surface area contributed by atoms with Crippen molar-refractivity contribution < 1.29 is 14.4 Å². The lowest BCUT2D eigenvalue weighted by Crippen LogP contribution is -2.39. The Kier molecular flexibility index (Phi) is 2.59. The first-order chi connectivity index (χ1) is 9.19. The molecule has 0 aliphatic carbocycles. The Morgan fingerprint density at radius 3 is 2.95 bits per heavy atom. The largest absolute Gasteiger partial charge is 0.296 e. The number of hydrogen-bond acceptors (Lipinski definition) is 5. The third-order valence-corrected chi connectivity index (χ3v) is 3.19. The third-order valence-electron chi connectivity index (χ3n) is 3.19. The van der Waals surface area contributed by atoms with E-state index in [0.29, 0.717) is 36.0 Å². The normalized spacial score (nSPS) is 19.5. The van der Waals surface area contributed by atoms with Crippen molar-refractivity contribution in [2.75, 3.05) is 0 Å². The maximum absolute atomic E-state index is 11.8. The van der Waals surface area contributed by atoms with Gasteiger partial charge in [-0.1, -0.05) is 0 Å². The summed E-state index contributed by atoms with van der Waals surface area (Å²) in [6.07, 6.45) is 2.74. The van der Waals surface area contributed by atoms with Gasteiger partial charge in [-0.25, -0.2) is 9.50 Å². The second kappa shape index (κ2) is 4.27. The molecular weight excluding hydrogens is 248 g/mol.